The summed E-state index contributed by atoms with van der Waals surface area (Å²) in [6.45, 7) is 3.90. The fraction of sp³-hybridized carbons (Fsp3) is 0.538. The first kappa shape index (κ1) is 12.1. The minimum atomic E-state index is -0.739. The van der Waals surface area contributed by atoms with Crippen LogP contribution in [0.5, 0.6) is 0 Å². The highest BCUT2D eigenvalue weighted by molar-refractivity contribution is 9.10. The Morgan fingerprint density at radius 1 is 1.50 bits per heavy atom. The molecule has 0 bridgehead atoms. The molecule has 2 rings (SSSR count). The molecule has 0 radical (unpaired) electrons. The average molecular weight is 284 g/mol. The van der Waals surface area contributed by atoms with Gasteiger partial charge in [-0.15, -0.1) is 0 Å². The number of nitrogens with one attached hydrogen (secondary N) is 1. The number of hydrogen-bond acceptors (Lipinski definition) is 2. The Balaban J connectivity index is 2.22. The summed E-state index contributed by atoms with van der Waals surface area (Å²) in [6, 6.07) is 7.97. The van der Waals surface area contributed by atoms with Gasteiger partial charge in [0.2, 0.25) is 0 Å². The molecule has 0 aromatic heterocycles. The van der Waals surface area contributed by atoms with Gasteiger partial charge in [0.25, 0.3) is 0 Å². The SMILES string of the molecule is CC(O)(c1cccc(Br)c1)C1CCCNC1. The van der Waals surface area contributed by atoms with Crippen LogP contribution in [0.4, 0.5) is 0 Å². The van der Waals surface area contributed by atoms with E-state index in [0.717, 1.165) is 36.0 Å². The van der Waals surface area contributed by atoms with E-state index in [4.69, 9.17) is 0 Å². The minimum Gasteiger partial charge on any atom is -0.385 e. The minimum absolute atomic E-state index is 0.301. The molecule has 1 aromatic rings. The van der Waals surface area contributed by atoms with Gasteiger partial charge >= 0.3 is 0 Å². The quantitative estimate of drug-likeness (QED) is 0.875. The van der Waals surface area contributed by atoms with E-state index in [1.54, 1.807) is 0 Å². The van der Waals surface area contributed by atoms with Gasteiger partial charge < -0.3 is 10.4 Å². The van der Waals surface area contributed by atoms with Gasteiger partial charge in [-0.2, -0.15) is 0 Å². The van der Waals surface area contributed by atoms with E-state index in [-0.39, 0.29) is 0 Å². The largest absolute Gasteiger partial charge is 0.385 e. The van der Waals surface area contributed by atoms with Crippen molar-refractivity contribution in [2.75, 3.05) is 13.1 Å². The third-order valence-electron chi connectivity index (χ3n) is 3.50. The predicted octanol–water partition coefficient (Wildman–Crippen LogP) is 2.66. The maximum atomic E-state index is 10.7. The van der Waals surface area contributed by atoms with Crippen molar-refractivity contribution in [2.45, 2.75) is 25.4 Å². The lowest BCUT2D eigenvalue weighted by molar-refractivity contribution is -0.0157. The second-order valence-corrected chi connectivity index (χ2v) is 5.62. The monoisotopic (exact) mass is 283 g/mol. The smallest absolute Gasteiger partial charge is 0.0909 e. The van der Waals surface area contributed by atoms with Crippen molar-refractivity contribution >= 4 is 15.9 Å². The first-order chi connectivity index (χ1) is 7.60. The maximum Gasteiger partial charge on any atom is 0.0909 e. The summed E-state index contributed by atoms with van der Waals surface area (Å²) in [6.07, 6.45) is 2.24. The van der Waals surface area contributed by atoms with E-state index in [0.29, 0.717) is 5.92 Å². The summed E-state index contributed by atoms with van der Waals surface area (Å²) in [5, 5.41) is 14.0. The van der Waals surface area contributed by atoms with E-state index in [1.807, 2.05) is 31.2 Å². The molecule has 1 fully saturated rings. The molecular formula is C13H18BrNO. The predicted molar refractivity (Wildman–Crippen MR) is 69.3 cm³/mol. The molecule has 2 nitrogen and oxygen atoms in total. The van der Waals surface area contributed by atoms with Crippen molar-refractivity contribution in [2.24, 2.45) is 5.92 Å². The Labute approximate surface area is 105 Å². The molecule has 2 N–H and O–H groups in total. The fourth-order valence-electron chi connectivity index (χ4n) is 2.37. The Hall–Kier alpha value is -0.380. The van der Waals surface area contributed by atoms with Gasteiger partial charge in [-0.25, -0.2) is 0 Å². The van der Waals surface area contributed by atoms with Crippen LogP contribution < -0.4 is 5.32 Å². The molecular weight excluding hydrogens is 266 g/mol. The topological polar surface area (TPSA) is 32.3 Å². The van der Waals surface area contributed by atoms with Crippen LogP contribution in [0, 0.1) is 5.92 Å². The maximum absolute atomic E-state index is 10.7. The third-order valence-corrected chi connectivity index (χ3v) is 3.99. The van der Waals surface area contributed by atoms with E-state index >= 15 is 0 Å². The zero-order chi connectivity index (χ0) is 11.6. The van der Waals surface area contributed by atoms with E-state index < -0.39 is 5.60 Å². The molecule has 16 heavy (non-hydrogen) atoms. The molecule has 88 valence electrons. The molecule has 1 heterocycles. The lowest BCUT2D eigenvalue weighted by Gasteiger charge is -2.36. The van der Waals surface area contributed by atoms with E-state index in [9.17, 15) is 5.11 Å². The van der Waals surface area contributed by atoms with Gasteiger partial charge in [0.1, 0.15) is 0 Å². The Morgan fingerprint density at radius 3 is 2.94 bits per heavy atom. The highest BCUT2D eigenvalue weighted by atomic mass is 79.9. The van der Waals surface area contributed by atoms with Crippen LogP contribution in [0.1, 0.15) is 25.3 Å². The van der Waals surface area contributed by atoms with Crippen molar-refractivity contribution in [3.05, 3.63) is 34.3 Å². The second kappa shape index (κ2) is 4.86. The summed E-state index contributed by atoms with van der Waals surface area (Å²) in [7, 11) is 0. The lowest BCUT2D eigenvalue weighted by Crippen LogP contribution is -2.42. The zero-order valence-corrected chi connectivity index (χ0v) is 11.1. The first-order valence-electron chi connectivity index (χ1n) is 5.80. The average Bonchev–Trinajstić information content (AvgIpc) is 2.30. The molecule has 0 spiro atoms. The van der Waals surface area contributed by atoms with Gasteiger partial charge in [-0.1, -0.05) is 28.1 Å². The van der Waals surface area contributed by atoms with Crippen LogP contribution in [0.25, 0.3) is 0 Å². The normalized spacial score (nSPS) is 25.1. The van der Waals surface area contributed by atoms with Crippen molar-refractivity contribution in [1.29, 1.82) is 0 Å². The van der Waals surface area contributed by atoms with Gasteiger partial charge in [0.15, 0.2) is 0 Å². The van der Waals surface area contributed by atoms with E-state index in [2.05, 4.69) is 21.2 Å². The van der Waals surface area contributed by atoms with Crippen LogP contribution in [-0.2, 0) is 5.60 Å². The summed E-state index contributed by atoms with van der Waals surface area (Å²) >= 11 is 3.45. The highest BCUT2D eigenvalue weighted by Gasteiger charge is 2.34. The summed E-state index contributed by atoms with van der Waals surface area (Å²) < 4.78 is 1.02. The summed E-state index contributed by atoms with van der Waals surface area (Å²) in [5.74, 6) is 0.301. The van der Waals surface area contributed by atoms with Crippen molar-refractivity contribution in [1.82, 2.24) is 5.32 Å². The highest BCUT2D eigenvalue weighted by Crippen LogP contribution is 2.34. The second-order valence-electron chi connectivity index (χ2n) is 4.70. The number of rotatable bonds is 2. The zero-order valence-electron chi connectivity index (χ0n) is 9.54. The number of halogens is 1. The number of benzene rings is 1. The molecule has 1 aliphatic heterocycles. The molecule has 3 heteroatoms. The molecule has 2 unspecified atom stereocenters. The van der Waals surface area contributed by atoms with Gasteiger partial charge in [0.05, 0.1) is 5.60 Å². The molecule has 0 saturated carbocycles. The number of piperidine rings is 1. The first-order valence-corrected chi connectivity index (χ1v) is 6.59. The van der Waals surface area contributed by atoms with E-state index in [1.165, 1.54) is 0 Å². The van der Waals surface area contributed by atoms with Crippen molar-refractivity contribution in [3.8, 4) is 0 Å². The van der Waals surface area contributed by atoms with Gasteiger partial charge in [-0.3, -0.25) is 0 Å². The van der Waals surface area contributed by atoms with Crippen molar-refractivity contribution < 1.29 is 5.11 Å². The molecule has 1 aromatic carbocycles. The molecule has 1 aliphatic rings. The Bertz CT molecular complexity index is 359. The van der Waals surface area contributed by atoms with Crippen LogP contribution >= 0.6 is 15.9 Å². The van der Waals surface area contributed by atoms with Crippen molar-refractivity contribution in [3.63, 3.8) is 0 Å². The van der Waals surface area contributed by atoms with Crippen LogP contribution in [0.3, 0.4) is 0 Å². The van der Waals surface area contributed by atoms with Gasteiger partial charge in [-0.05, 0) is 44.0 Å². The van der Waals surface area contributed by atoms with Crippen LogP contribution in [-0.4, -0.2) is 18.2 Å². The molecule has 1 saturated heterocycles. The Kier molecular flexibility index (Phi) is 3.67. The number of hydrogen-bond donors (Lipinski definition) is 2. The third kappa shape index (κ3) is 2.47. The standard InChI is InChI=1S/C13H18BrNO/c1-13(16,11-5-3-7-15-9-11)10-4-2-6-12(14)8-10/h2,4,6,8,11,15-16H,3,5,7,9H2,1H3. The van der Waals surface area contributed by atoms with Crippen LogP contribution in [0.2, 0.25) is 0 Å². The summed E-state index contributed by atoms with van der Waals surface area (Å²) in [4.78, 5) is 0. The Morgan fingerprint density at radius 2 is 2.31 bits per heavy atom. The lowest BCUT2D eigenvalue weighted by atomic mass is 9.79. The number of aliphatic hydroxyl groups is 1. The molecule has 2 atom stereocenters. The fourth-order valence-corrected chi connectivity index (χ4v) is 2.77. The van der Waals surface area contributed by atoms with Crippen LogP contribution in [0.15, 0.2) is 28.7 Å². The molecule has 0 aliphatic carbocycles. The van der Waals surface area contributed by atoms with Gasteiger partial charge in [0, 0.05) is 16.9 Å². The summed E-state index contributed by atoms with van der Waals surface area (Å²) in [5.41, 5.74) is 0.257. The molecule has 0 amide bonds.